The normalized spacial score (nSPS) is 12.1. The Morgan fingerprint density at radius 1 is 1.29 bits per heavy atom. The fraction of sp³-hybridized carbons (Fsp3) is 0.312. The lowest BCUT2D eigenvalue weighted by Gasteiger charge is -2.14. The van der Waals surface area contributed by atoms with Gasteiger partial charge >= 0.3 is 0 Å². The predicted molar refractivity (Wildman–Crippen MR) is 78.6 cm³/mol. The van der Waals surface area contributed by atoms with Gasteiger partial charge in [0.25, 0.3) is 0 Å². The molecule has 0 radical (unpaired) electrons. The number of nitrogens with one attached hydrogen (secondary N) is 1. The monoisotopic (exact) mass is 290 g/mol. The minimum atomic E-state index is -0.714. The van der Waals surface area contributed by atoms with Crippen LogP contribution in [0, 0.1) is 12.7 Å². The Bertz CT molecular complexity index is 578. The van der Waals surface area contributed by atoms with Crippen LogP contribution >= 0.6 is 0 Å². The summed E-state index contributed by atoms with van der Waals surface area (Å²) in [7, 11) is 0. The summed E-state index contributed by atoms with van der Waals surface area (Å²) in [5, 5.41) is 12.9. The molecule has 1 aromatic carbocycles. The van der Waals surface area contributed by atoms with Crippen LogP contribution in [-0.4, -0.2) is 29.3 Å². The summed E-state index contributed by atoms with van der Waals surface area (Å²) in [6.45, 7) is 2.95. The van der Waals surface area contributed by atoms with Gasteiger partial charge in [0.2, 0.25) is 0 Å². The molecule has 2 rings (SSSR count). The highest BCUT2D eigenvalue weighted by atomic mass is 19.1. The molecule has 21 heavy (non-hydrogen) atoms. The first-order valence-electron chi connectivity index (χ1n) is 6.83. The summed E-state index contributed by atoms with van der Waals surface area (Å²) in [5.74, 6) is -0.279. The minimum Gasteiger partial charge on any atom is -0.488 e. The zero-order chi connectivity index (χ0) is 15.1. The van der Waals surface area contributed by atoms with Gasteiger partial charge in [-0.2, -0.15) is 0 Å². The van der Waals surface area contributed by atoms with Crippen LogP contribution in [0.3, 0.4) is 0 Å². The van der Waals surface area contributed by atoms with Crippen LogP contribution in [0.4, 0.5) is 4.39 Å². The van der Waals surface area contributed by atoms with Crippen molar-refractivity contribution < 1.29 is 14.2 Å². The molecule has 0 spiro atoms. The first-order chi connectivity index (χ1) is 10.2. The van der Waals surface area contributed by atoms with Gasteiger partial charge in [-0.15, -0.1) is 0 Å². The first kappa shape index (κ1) is 15.4. The number of aryl methyl sites for hydroxylation is 1. The average Bonchev–Trinajstić information content (AvgIpc) is 2.48. The third-order valence-electron chi connectivity index (χ3n) is 3.06. The van der Waals surface area contributed by atoms with Crippen molar-refractivity contribution >= 4 is 0 Å². The van der Waals surface area contributed by atoms with E-state index in [1.54, 1.807) is 18.3 Å². The Morgan fingerprint density at radius 2 is 2.10 bits per heavy atom. The van der Waals surface area contributed by atoms with Crippen molar-refractivity contribution in [2.75, 3.05) is 13.2 Å². The van der Waals surface area contributed by atoms with E-state index in [-0.39, 0.29) is 12.4 Å². The molecule has 1 atom stereocenters. The number of hydrogen-bond acceptors (Lipinski definition) is 4. The van der Waals surface area contributed by atoms with E-state index in [4.69, 9.17) is 4.74 Å². The van der Waals surface area contributed by atoms with Gasteiger partial charge in [-0.3, -0.25) is 4.98 Å². The Morgan fingerprint density at radius 3 is 2.86 bits per heavy atom. The molecular formula is C16H19FN2O2. The molecule has 5 heteroatoms. The second-order valence-corrected chi connectivity index (χ2v) is 4.79. The molecule has 2 aromatic rings. The SMILES string of the molecule is Cc1cccnc1CNCC(O)COc1ccccc1F. The van der Waals surface area contributed by atoms with Crippen LogP contribution in [0.15, 0.2) is 42.6 Å². The minimum absolute atomic E-state index is 0.0368. The van der Waals surface area contributed by atoms with Crippen molar-refractivity contribution in [3.05, 3.63) is 59.7 Å². The van der Waals surface area contributed by atoms with Crippen LogP contribution in [-0.2, 0) is 6.54 Å². The van der Waals surface area contributed by atoms with E-state index in [1.165, 1.54) is 12.1 Å². The predicted octanol–water partition coefficient (Wildman–Crippen LogP) is 2.06. The van der Waals surface area contributed by atoms with E-state index in [2.05, 4.69) is 10.3 Å². The maximum atomic E-state index is 13.3. The number of ether oxygens (including phenoxy) is 1. The summed E-state index contributed by atoms with van der Waals surface area (Å²) in [5.41, 5.74) is 2.04. The van der Waals surface area contributed by atoms with Gasteiger partial charge in [0.05, 0.1) is 5.69 Å². The fourth-order valence-electron chi connectivity index (χ4n) is 1.87. The summed E-state index contributed by atoms with van der Waals surface area (Å²) < 4.78 is 18.6. The average molecular weight is 290 g/mol. The Kier molecular flexibility index (Phi) is 5.66. The number of halogens is 1. The lowest BCUT2D eigenvalue weighted by Crippen LogP contribution is -2.31. The van der Waals surface area contributed by atoms with Crippen molar-refractivity contribution in [1.82, 2.24) is 10.3 Å². The number of pyridine rings is 1. The molecule has 0 amide bonds. The zero-order valence-corrected chi connectivity index (χ0v) is 11.9. The van der Waals surface area contributed by atoms with Gasteiger partial charge in [0, 0.05) is 19.3 Å². The van der Waals surface area contributed by atoms with Gasteiger partial charge < -0.3 is 15.2 Å². The van der Waals surface area contributed by atoms with Gasteiger partial charge in [-0.1, -0.05) is 18.2 Å². The third kappa shape index (κ3) is 4.81. The largest absolute Gasteiger partial charge is 0.488 e. The zero-order valence-electron chi connectivity index (χ0n) is 11.9. The standard InChI is InChI=1S/C16H19FN2O2/c1-12-5-4-8-19-15(12)10-18-9-13(20)11-21-16-7-3-2-6-14(16)17/h2-8,13,18,20H,9-11H2,1H3. The number of aliphatic hydroxyl groups excluding tert-OH is 1. The summed E-state index contributed by atoms with van der Waals surface area (Å²) in [6.07, 6.45) is 1.02. The number of aromatic nitrogens is 1. The molecule has 0 aliphatic heterocycles. The van der Waals surface area contributed by atoms with E-state index in [0.29, 0.717) is 13.1 Å². The molecule has 0 fully saturated rings. The summed E-state index contributed by atoms with van der Waals surface area (Å²) >= 11 is 0. The highest BCUT2D eigenvalue weighted by molar-refractivity contribution is 5.23. The topological polar surface area (TPSA) is 54.4 Å². The molecule has 1 heterocycles. The molecule has 0 saturated heterocycles. The quantitative estimate of drug-likeness (QED) is 0.819. The maximum Gasteiger partial charge on any atom is 0.165 e. The molecular weight excluding hydrogens is 271 g/mol. The number of para-hydroxylation sites is 1. The molecule has 4 nitrogen and oxygen atoms in total. The van der Waals surface area contributed by atoms with Crippen LogP contribution in [0.1, 0.15) is 11.3 Å². The van der Waals surface area contributed by atoms with Gasteiger partial charge in [-0.25, -0.2) is 4.39 Å². The van der Waals surface area contributed by atoms with Gasteiger partial charge in [-0.05, 0) is 30.7 Å². The van der Waals surface area contributed by atoms with Crippen LogP contribution in [0.2, 0.25) is 0 Å². The molecule has 2 N–H and O–H groups in total. The molecule has 1 aromatic heterocycles. The number of benzene rings is 1. The molecule has 0 saturated carbocycles. The van der Waals surface area contributed by atoms with Gasteiger partial charge in [0.15, 0.2) is 11.6 Å². The van der Waals surface area contributed by atoms with Gasteiger partial charge in [0.1, 0.15) is 12.7 Å². The molecule has 0 aliphatic carbocycles. The highest BCUT2D eigenvalue weighted by Gasteiger charge is 2.08. The molecule has 0 aliphatic rings. The van der Waals surface area contributed by atoms with Crippen molar-refractivity contribution in [3.63, 3.8) is 0 Å². The number of hydrogen-bond donors (Lipinski definition) is 2. The van der Waals surface area contributed by atoms with Crippen molar-refractivity contribution in [3.8, 4) is 5.75 Å². The Hall–Kier alpha value is -1.98. The number of aliphatic hydroxyl groups is 1. The maximum absolute atomic E-state index is 13.3. The first-order valence-corrected chi connectivity index (χ1v) is 6.83. The summed E-state index contributed by atoms with van der Waals surface area (Å²) in [4.78, 5) is 4.26. The lowest BCUT2D eigenvalue weighted by molar-refractivity contribution is 0.104. The smallest absolute Gasteiger partial charge is 0.165 e. The third-order valence-corrected chi connectivity index (χ3v) is 3.06. The fourth-order valence-corrected chi connectivity index (χ4v) is 1.87. The van der Waals surface area contributed by atoms with E-state index in [0.717, 1.165) is 11.3 Å². The summed E-state index contributed by atoms with van der Waals surface area (Å²) in [6, 6.07) is 10.0. The van der Waals surface area contributed by atoms with Crippen molar-refractivity contribution in [2.24, 2.45) is 0 Å². The number of rotatable bonds is 7. The van der Waals surface area contributed by atoms with Crippen molar-refractivity contribution in [1.29, 1.82) is 0 Å². The Labute approximate surface area is 123 Å². The second-order valence-electron chi connectivity index (χ2n) is 4.79. The van der Waals surface area contributed by atoms with E-state index in [1.807, 2.05) is 19.1 Å². The highest BCUT2D eigenvalue weighted by Crippen LogP contribution is 2.15. The van der Waals surface area contributed by atoms with Crippen LogP contribution in [0.5, 0.6) is 5.75 Å². The molecule has 1 unspecified atom stereocenters. The Balaban J connectivity index is 1.72. The molecule has 0 bridgehead atoms. The molecule has 112 valence electrons. The van der Waals surface area contributed by atoms with E-state index >= 15 is 0 Å². The van der Waals surface area contributed by atoms with E-state index < -0.39 is 11.9 Å². The lowest BCUT2D eigenvalue weighted by atomic mass is 10.2. The second kappa shape index (κ2) is 7.71. The van der Waals surface area contributed by atoms with E-state index in [9.17, 15) is 9.50 Å². The van der Waals surface area contributed by atoms with Crippen LogP contribution < -0.4 is 10.1 Å². The van der Waals surface area contributed by atoms with Crippen molar-refractivity contribution in [2.45, 2.75) is 19.6 Å². The van der Waals surface area contributed by atoms with Crippen LogP contribution in [0.25, 0.3) is 0 Å². The number of nitrogens with zero attached hydrogens (tertiary/aromatic N) is 1.